The lowest BCUT2D eigenvalue weighted by atomic mass is 10.2. The number of pyridine rings is 3. The molecule has 0 bridgehead atoms. The molecule has 3 saturated heterocycles. The van der Waals surface area contributed by atoms with Gasteiger partial charge in [0.2, 0.25) is 0 Å². The Morgan fingerprint density at radius 2 is 1.04 bits per heavy atom. The average Bonchev–Trinajstić information content (AvgIpc) is 4.10. The molecule has 0 aromatic carbocycles. The molecule has 0 radical (unpaired) electrons. The van der Waals surface area contributed by atoms with Gasteiger partial charge in [-0.25, -0.2) is 44.3 Å². The van der Waals surface area contributed by atoms with E-state index in [1.165, 1.54) is 4.90 Å². The standard InChI is InChI=1S/2C15H20N4O2.C10H19NO5S.C6H5N3.5CH4/c1-15(2,3)21-14(20)18-8-6-11(9-18)19-10-17-13-12(19)5-4-7-16-13;1-15(2,3)21-14(20)18-8-6-11(9-18)19-10-17-12-5-4-7-16-13(12)19;1-10(2,3)15-9(12)11-6-5-8(7-11)16-17(4,13)14;1-2-5-6(7-3-1)9-4-8-5;;;;;/h2*4-5,7,10-11H,6,8-9H2,1-3H3;8H,5-7H2,1-4H3;1-4H,(H,7,8,9);5*1H4/t;;8-;;;;;;/m..1....../s1. The Bertz CT molecular complexity index is 2610. The maximum absolute atomic E-state index is 12.1. The first-order valence-electron chi connectivity index (χ1n) is 22.5. The van der Waals surface area contributed by atoms with E-state index < -0.39 is 39.1 Å². The van der Waals surface area contributed by atoms with Crippen LogP contribution in [0.2, 0.25) is 0 Å². The van der Waals surface area contributed by atoms with Gasteiger partial charge in [-0.05, 0) is 118 Å². The van der Waals surface area contributed by atoms with E-state index in [4.69, 9.17) is 18.4 Å². The second-order valence-electron chi connectivity index (χ2n) is 19.6. The van der Waals surface area contributed by atoms with Gasteiger partial charge >= 0.3 is 18.3 Å². The van der Waals surface area contributed by atoms with Crippen molar-refractivity contribution in [2.75, 3.05) is 45.5 Å². The largest absolute Gasteiger partial charge is 0.444 e. The van der Waals surface area contributed by atoms with E-state index in [-0.39, 0.29) is 67.9 Å². The van der Waals surface area contributed by atoms with E-state index in [2.05, 4.69) is 44.0 Å². The predicted octanol–water partition coefficient (Wildman–Crippen LogP) is 10.3. The van der Waals surface area contributed by atoms with Crippen LogP contribution in [-0.2, 0) is 28.5 Å². The van der Waals surface area contributed by atoms with Gasteiger partial charge in [-0.2, -0.15) is 8.42 Å². The third kappa shape index (κ3) is 19.2. The molecule has 3 aliphatic heterocycles. The summed E-state index contributed by atoms with van der Waals surface area (Å²) in [4.78, 5) is 69.0. The Morgan fingerprint density at radius 1 is 0.575 bits per heavy atom. The van der Waals surface area contributed by atoms with E-state index in [1.54, 1.807) is 68.1 Å². The number of hydrogen-bond acceptors (Lipinski definition) is 15. The van der Waals surface area contributed by atoms with Gasteiger partial charge in [-0.1, -0.05) is 37.1 Å². The number of imidazole rings is 3. The number of H-pyrrole nitrogens is 1. The van der Waals surface area contributed by atoms with Crippen LogP contribution in [-0.4, -0.2) is 154 Å². The van der Waals surface area contributed by atoms with Crippen molar-refractivity contribution in [3.8, 4) is 0 Å². The number of rotatable bonds is 4. The number of likely N-dealkylation sites (tertiary alicyclic amines) is 3. The minimum atomic E-state index is -3.47. The molecule has 0 saturated carbocycles. The topological polar surface area (TPSA) is 235 Å². The molecule has 9 heterocycles. The van der Waals surface area contributed by atoms with Gasteiger partial charge in [0, 0.05) is 51.3 Å². The highest BCUT2D eigenvalue weighted by Gasteiger charge is 2.34. The molecular formula is C51H84N12O9S. The maximum atomic E-state index is 12.1. The predicted molar refractivity (Wildman–Crippen MR) is 288 cm³/mol. The first-order valence-corrected chi connectivity index (χ1v) is 24.3. The second kappa shape index (κ2) is 27.0. The van der Waals surface area contributed by atoms with Crippen LogP contribution in [0.25, 0.3) is 33.5 Å². The molecule has 0 aliphatic carbocycles. The SMILES string of the molecule is C.C.C.C.C.CC(C)(C)OC(=O)N1CCC(n2cnc3cccnc32)C1.CC(C)(C)OC(=O)N1CCC(n2cnc3ncccc32)C1.CC(C)(C)OC(=O)N1CC[C@@H](OS(C)(=O)=O)C1.c1cnc2nc[nH]c2c1. The Morgan fingerprint density at radius 3 is 1.58 bits per heavy atom. The zero-order valence-corrected chi connectivity index (χ0v) is 41.3. The first kappa shape index (κ1) is 64.6. The Balaban J connectivity index is 0.000000491. The van der Waals surface area contributed by atoms with E-state index in [0.29, 0.717) is 39.1 Å². The van der Waals surface area contributed by atoms with Crippen LogP contribution in [0.5, 0.6) is 0 Å². The Labute approximate surface area is 433 Å². The number of aromatic nitrogens is 9. The number of nitrogens with one attached hydrogen (secondary N) is 1. The molecule has 3 atom stereocenters. The number of fused-ring (bicyclic) bond motifs is 3. The lowest BCUT2D eigenvalue weighted by molar-refractivity contribution is 0.0270. The molecule has 21 nitrogen and oxygen atoms in total. The molecule has 3 aliphatic rings. The summed E-state index contributed by atoms with van der Waals surface area (Å²) in [5.41, 5.74) is 3.80. The zero-order chi connectivity index (χ0) is 49.4. The fourth-order valence-corrected chi connectivity index (χ4v) is 8.19. The summed E-state index contributed by atoms with van der Waals surface area (Å²) in [7, 11) is -3.47. The summed E-state index contributed by atoms with van der Waals surface area (Å²) in [6.45, 7) is 20.0. The van der Waals surface area contributed by atoms with E-state index in [1.807, 2.05) is 77.9 Å². The van der Waals surface area contributed by atoms with Crippen LogP contribution in [0.3, 0.4) is 0 Å². The van der Waals surface area contributed by atoms with Crippen molar-refractivity contribution in [2.24, 2.45) is 0 Å². The van der Waals surface area contributed by atoms with Crippen molar-refractivity contribution in [1.29, 1.82) is 0 Å². The molecule has 3 amide bonds. The molecule has 408 valence electrons. The van der Waals surface area contributed by atoms with Crippen LogP contribution >= 0.6 is 0 Å². The fraction of sp³-hybridized carbons (Fsp3) is 0.588. The minimum Gasteiger partial charge on any atom is -0.444 e. The van der Waals surface area contributed by atoms with Gasteiger partial charge < -0.3 is 43.0 Å². The van der Waals surface area contributed by atoms with E-state index in [0.717, 1.165) is 52.6 Å². The van der Waals surface area contributed by atoms with Crippen LogP contribution in [0.4, 0.5) is 14.4 Å². The highest BCUT2D eigenvalue weighted by Crippen LogP contribution is 2.28. The van der Waals surface area contributed by atoms with Crippen molar-refractivity contribution < 1.29 is 41.2 Å². The number of carbonyl (C=O) groups is 3. The van der Waals surface area contributed by atoms with Gasteiger partial charge in [0.15, 0.2) is 16.9 Å². The molecule has 9 rings (SSSR count). The van der Waals surface area contributed by atoms with Gasteiger partial charge in [0.25, 0.3) is 10.1 Å². The third-order valence-corrected chi connectivity index (χ3v) is 11.0. The summed E-state index contributed by atoms with van der Waals surface area (Å²) < 4.78 is 46.9. The van der Waals surface area contributed by atoms with Crippen molar-refractivity contribution in [3.05, 3.63) is 74.0 Å². The zero-order valence-electron chi connectivity index (χ0n) is 40.5. The Hall–Kier alpha value is -6.42. The molecule has 22 heteroatoms. The van der Waals surface area contributed by atoms with Crippen LogP contribution < -0.4 is 0 Å². The van der Waals surface area contributed by atoms with Crippen molar-refractivity contribution in [2.45, 2.75) is 154 Å². The van der Waals surface area contributed by atoms with Gasteiger partial charge in [-0.3, -0.25) is 4.18 Å². The molecule has 0 spiro atoms. The maximum Gasteiger partial charge on any atom is 0.410 e. The molecular weight excluding hydrogens is 957 g/mol. The normalized spacial score (nSPS) is 17.3. The summed E-state index contributed by atoms with van der Waals surface area (Å²) >= 11 is 0. The first-order chi connectivity index (χ1) is 31.9. The number of aromatic amines is 1. The van der Waals surface area contributed by atoms with Crippen molar-refractivity contribution >= 4 is 61.9 Å². The van der Waals surface area contributed by atoms with Crippen molar-refractivity contribution in [1.82, 2.24) is 58.7 Å². The summed E-state index contributed by atoms with van der Waals surface area (Å²) in [6.07, 6.45) is 12.4. The highest BCUT2D eigenvalue weighted by atomic mass is 32.2. The average molecular weight is 1040 g/mol. The quantitative estimate of drug-likeness (QED) is 0.128. The van der Waals surface area contributed by atoms with E-state index in [9.17, 15) is 22.8 Å². The highest BCUT2D eigenvalue weighted by molar-refractivity contribution is 7.86. The third-order valence-electron chi connectivity index (χ3n) is 10.4. The number of ether oxygens (including phenoxy) is 3. The van der Waals surface area contributed by atoms with Gasteiger partial charge in [0.05, 0.1) is 61.0 Å². The minimum absolute atomic E-state index is 0. The van der Waals surface area contributed by atoms with Crippen LogP contribution in [0.1, 0.15) is 131 Å². The number of carbonyl (C=O) groups excluding carboxylic acids is 3. The molecule has 73 heavy (non-hydrogen) atoms. The lowest BCUT2D eigenvalue weighted by Crippen LogP contribution is -2.36. The molecule has 1 N–H and O–H groups in total. The smallest absolute Gasteiger partial charge is 0.410 e. The van der Waals surface area contributed by atoms with Crippen LogP contribution in [0.15, 0.2) is 74.0 Å². The fourth-order valence-electron chi connectivity index (χ4n) is 7.54. The number of amides is 3. The van der Waals surface area contributed by atoms with Crippen LogP contribution in [0, 0.1) is 0 Å². The second-order valence-corrected chi connectivity index (χ2v) is 21.2. The lowest BCUT2D eigenvalue weighted by Gasteiger charge is -2.24. The monoisotopic (exact) mass is 1040 g/mol. The molecule has 2 unspecified atom stereocenters. The Kier molecular flexibility index (Phi) is 23.9. The van der Waals surface area contributed by atoms with Crippen molar-refractivity contribution in [3.63, 3.8) is 0 Å². The molecule has 6 aromatic rings. The van der Waals surface area contributed by atoms with Gasteiger partial charge in [0.1, 0.15) is 22.3 Å². The number of nitrogens with zero attached hydrogens (tertiary/aromatic N) is 11. The summed E-state index contributed by atoms with van der Waals surface area (Å²) in [5.74, 6) is 0. The summed E-state index contributed by atoms with van der Waals surface area (Å²) in [6, 6.07) is 12.0. The summed E-state index contributed by atoms with van der Waals surface area (Å²) in [5, 5.41) is 0. The number of hydrogen-bond donors (Lipinski definition) is 1. The molecule has 3 fully saturated rings. The van der Waals surface area contributed by atoms with Gasteiger partial charge in [-0.15, -0.1) is 0 Å². The van der Waals surface area contributed by atoms with E-state index >= 15 is 0 Å². The molecule has 6 aromatic heterocycles.